The Bertz CT molecular complexity index is 310. The largest absolute Gasteiger partial charge is 0.302 e. The number of fused-ring (bicyclic) bond motifs is 1. The Morgan fingerprint density at radius 2 is 2.11 bits per heavy atom. The zero-order chi connectivity index (χ0) is 14.1. The van der Waals surface area contributed by atoms with E-state index in [-0.39, 0.29) is 10.3 Å². The van der Waals surface area contributed by atoms with Gasteiger partial charge in [0.05, 0.1) is 5.60 Å². The number of thiol groups is 1. The molecule has 5 heteroatoms. The van der Waals surface area contributed by atoms with Crippen LogP contribution in [0.4, 0.5) is 0 Å². The molecule has 2 unspecified atom stereocenters. The van der Waals surface area contributed by atoms with Crippen molar-refractivity contribution in [2.24, 2.45) is 5.92 Å². The first-order valence-electron chi connectivity index (χ1n) is 7.27. The van der Waals surface area contributed by atoms with Crippen LogP contribution in [0.5, 0.6) is 0 Å². The molecule has 0 aromatic rings. The molecule has 0 radical (unpaired) electrons. The summed E-state index contributed by atoms with van der Waals surface area (Å²) >= 11 is 10.8. The average molecular weight is 307 g/mol. The number of nitrogens with zero attached hydrogens (tertiary/aromatic N) is 2. The van der Waals surface area contributed by atoms with E-state index in [9.17, 15) is 0 Å². The molecule has 0 N–H and O–H groups in total. The molecule has 0 amide bonds. The molecule has 2 atom stereocenters. The van der Waals surface area contributed by atoms with Gasteiger partial charge in [-0.05, 0) is 46.1 Å². The highest BCUT2D eigenvalue weighted by molar-refractivity contribution is 7.82. The summed E-state index contributed by atoms with van der Waals surface area (Å²) < 4.78 is 0.0792. The van der Waals surface area contributed by atoms with Crippen molar-refractivity contribution in [3.63, 3.8) is 0 Å². The number of hydrogen-bond donors (Lipinski definition) is 1. The van der Waals surface area contributed by atoms with Crippen LogP contribution in [-0.4, -0.2) is 58.9 Å². The van der Waals surface area contributed by atoms with Gasteiger partial charge in [0.25, 0.3) is 0 Å². The molecular formula is C14H27ClN2OS. The summed E-state index contributed by atoms with van der Waals surface area (Å²) in [5.41, 5.74) is -0.117. The summed E-state index contributed by atoms with van der Waals surface area (Å²) in [6.07, 6.45) is 2.25. The van der Waals surface area contributed by atoms with Gasteiger partial charge in [-0.2, -0.15) is 17.7 Å². The fourth-order valence-electron chi connectivity index (χ4n) is 3.20. The van der Waals surface area contributed by atoms with Gasteiger partial charge in [-0.15, -0.1) is 11.6 Å². The van der Waals surface area contributed by atoms with Crippen molar-refractivity contribution >= 4 is 24.2 Å². The highest BCUT2D eigenvalue weighted by Gasteiger charge is 2.47. The highest BCUT2D eigenvalue weighted by atomic mass is 35.5. The van der Waals surface area contributed by atoms with E-state index in [0.717, 1.165) is 38.5 Å². The molecule has 0 aliphatic carbocycles. The van der Waals surface area contributed by atoms with Crippen LogP contribution in [0.3, 0.4) is 0 Å². The fourth-order valence-corrected chi connectivity index (χ4v) is 3.89. The minimum Gasteiger partial charge on any atom is -0.302 e. The molecular weight excluding hydrogens is 280 g/mol. The number of halogens is 1. The lowest BCUT2D eigenvalue weighted by molar-refractivity contribution is -0.241. The van der Waals surface area contributed by atoms with Gasteiger partial charge in [-0.25, -0.2) is 0 Å². The third-order valence-electron chi connectivity index (χ3n) is 3.92. The monoisotopic (exact) mass is 306 g/mol. The van der Waals surface area contributed by atoms with E-state index in [1.165, 1.54) is 13.0 Å². The molecule has 0 bridgehead atoms. The summed E-state index contributed by atoms with van der Waals surface area (Å²) in [6.45, 7) is 11.6. The summed E-state index contributed by atoms with van der Waals surface area (Å²) in [4.78, 5) is 8.53. The minimum absolute atomic E-state index is 0.0792. The zero-order valence-corrected chi connectivity index (χ0v) is 14.0. The number of hydroxylamine groups is 2. The maximum atomic E-state index is 6.01. The van der Waals surface area contributed by atoms with Crippen molar-refractivity contribution in [2.75, 3.05) is 38.6 Å². The quantitative estimate of drug-likeness (QED) is 0.635. The van der Waals surface area contributed by atoms with Crippen LogP contribution in [0.15, 0.2) is 0 Å². The second kappa shape index (κ2) is 6.10. The Hall–Kier alpha value is 0.520. The molecule has 2 aliphatic heterocycles. The summed E-state index contributed by atoms with van der Waals surface area (Å²) in [5, 5.41) is 2.12. The lowest BCUT2D eigenvalue weighted by Gasteiger charge is -2.42. The minimum atomic E-state index is -0.117. The van der Waals surface area contributed by atoms with Crippen LogP contribution in [0.2, 0.25) is 0 Å². The van der Waals surface area contributed by atoms with Crippen molar-refractivity contribution in [2.45, 2.75) is 44.0 Å². The van der Waals surface area contributed by atoms with Crippen LogP contribution in [0.25, 0.3) is 0 Å². The van der Waals surface area contributed by atoms with Gasteiger partial charge in [-0.1, -0.05) is 0 Å². The second-order valence-electron chi connectivity index (χ2n) is 6.93. The Kier molecular flexibility index (Phi) is 5.11. The Morgan fingerprint density at radius 1 is 1.37 bits per heavy atom. The topological polar surface area (TPSA) is 15.7 Å². The highest BCUT2D eigenvalue weighted by Crippen LogP contribution is 2.40. The van der Waals surface area contributed by atoms with E-state index in [0.29, 0.717) is 5.92 Å². The van der Waals surface area contributed by atoms with Crippen LogP contribution in [0, 0.1) is 5.92 Å². The number of alkyl halides is 1. The normalized spacial score (nSPS) is 33.6. The van der Waals surface area contributed by atoms with Crippen LogP contribution < -0.4 is 0 Å². The van der Waals surface area contributed by atoms with Gasteiger partial charge < -0.3 is 4.90 Å². The van der Waals surface area contributed by atoms with Gasteiger partial charge in [-0.3, -0.25) is 4.84 Å². The Labute approximate surface area is 128 Å². The molecule has 2 saturated heterocycles. The van der Waals surface area contributed by atoms with Crippen molar-refractivity contribution in [3.05, 3.63) is 0 Å². The zero-order valence-electron chi connectivity index (χ0n) is 12.4. The van der Waals surface area contributed by atoms with Crippen molar-refractivity contribution in [1.29, 1.82) is 0 Å². The summed E-state index contributed by atoms with van der Waals surface area (Å²) in [6, 6.07) is 0. The van der Waals surface area contributed by atoms with Crippen molar-refractivity contribution in [1.82, 2.24) is 9.96 Å². The van der Waals surface area contributed by atoms with E-state index < -0.39 is 0 Å². The fraction of sp³-hybridized carbons (Fsp3) is 1.00. The first kappa shape index (κ1) is 15.9. The standard InChI is InChI=1S/C14H27ClN2OS/c1-13(2,3)18-17-8-5-12-9-16(7-4-6-15)10-14(12,19)11-17/h12,19H,4-11H2,1-3H3. The molecule has 0 aromatic carbocycles. The molecule has 2 fully saturated rings. The number of rotatable bonds is 4. The lowest BCUT2D eigenvalue weighted by atomic mass is 9.88. The van der Waals surface area contributed by atoms with E-state index in [1.54, 1.807) is 0 Å². The van der Waals surface area contributed by atoms with Gasteiger partial charge in [0.15, 0.2) is 0 Å². The molecule has 2 rings (SSSR count). The summed E-state index contributed by atoms with van der Waals surface area (Å²) in [7, 11) is 0. The molecule has 2 aliphatic rings. The Morgan fingerprint density at radius 3 is 2.74 bits per heavy atom. The van der Waals surface area contributed by atoms with E-state index in [1.807, 2.05) is 0 Å². The van der Waals surface area contributed by atoms with E-state index >= 15 is 0 Å². The van der Waals surface area contributed by atoms with Crippen molar-refractivity contribution in [3.8, 4) is 0 Å². The third-order valence-corrected chi connectivity index (χ3v) is 4.84. The average Bonchev–Trinajstić information content (AvgIpc) is 2.59. The van der Waals surface area contributed by atoms with Crippen LogP contribution >= 0.6 is 24.2 Å². The number of hydrogen-bond acceptors (Lipinski definition) is 4. The molecule has 112 valence electrons. The van der Waals surface area contributed by atoms with Gasteiger partial charge in [0.1, 0.15) is 0 Å². The van der Waals surface area contributed by atoms with Gasteiger partial charge >= 0.3 is 0 Å². The lowest BCUT2D eigenvalue weighted by Crippen LogP contribution is -2.52. The number of piperidine rings is 1. The SMILES string of the molecule is CC(C)(C)ON1CCC2CN(CCCCl)CC2(S)C1. The predicted molar refractivity (Wildman–Crippen MR) is 84.0 cm³/mol. The van der Waals surface area contributed by atoms with Crippen LogP contribution in [0.1, 0.15) is 33.6 Å². The molecule has 19 heavy (non-hydrogen) atoms. The van der Waals surface area contributed by atoms with Crippen LogP contribution in [-0.2, 0) is 4.84 Å². The maximum absolute atomic E-state index is 6.01. The first-order chi connectivity index (χ1) is 8.82. The number of likely N-dealkylation sites (tertiary alicyclic amines) is 1. The third kappa shape index (κ3) is 4.24. The molecule has 3 nitrogen and oxygen atoms in total. The smallest absolute Gasteiger partial charge is 0.0815 e. The van der Waals surface area contributed by atoms with Gasteiger partial charge in [0.2, 0.25) is 0 Å². The Balaban J connectivity index is 1.91. The maximum Gasteiger partial charge on any atom is 0.0815 e. The summed E-state index contributed by atoms with van der Waals surface area (Å²) in [5.74, 6) is 1.44. The second-order valence-corrected chi connectivity index (χ2v) is 8.20. The van der Waals surface area contributed by atoms with E-state index in [4.69, 9.17) is 29.1 Å². The predicted octanol–water partition coefficient (Wildman–Crippen LogP) is 2.65. The molecule has 0 aromatic heterocycles. The van der Waals surface area contributed by atoms with E-state index in [2.05, 4.69) is 30.7 Å². The molecule has 2 heterocycles. The molecule has 0 spiro atoms. The van der Waals surface area contributed by atoms with Crippen molar-refractivity contribution < 1.29 is 4.84 Å². The first-order valence-corrected chi connectivity index (χ1v) is 8.25. The molecule has 0 saturated carbocycles. The van der Waals surface area contributed by atoms with Gasteiger partial charge in [0, 0.05) is 36.8 Å².